The number of aromatic amines is 1. The van der Waals surface area contributed by atoms with Gasteiger partial charge >= 0.3 is 0 Å². The summed E-state index contributed by atoms with van der Waals surface area (Å²) in [6.45, 7) is 2.04. The van der Waals surface area contributed by atoms with Gasteiger partial charge in [-0.15, -0.1) is 0 Å². The van der Waals surface area contributed by atoms with Crippen molar-refractivity contribution in [2.45, 2.75) is 16.7 Å². The van der Waals surface area contributed by atoms with Crippen molar-refractivity contribution in [2.75, 3.05) is 5.32 Å². The summed E-state index contributed by atoms with van der Waals surface area (Å²) in [5.41, 5.74) is 2.69. The van der Waals surface area contributed by atoms with E-state index in [2.05, 4.69) is 32.6 Å². The van der Waals surface area contributed by atoms with E-state index in [1.165, 1.54) is 12.3 Å². The summed E-state index contributed by atoms with van der Waals surface area (Å²) in [5, 5.41) is 10.8. The molecule has 4 aromatic rings. The Labute approximate surface area is 159 Å². The molecule has 0 saturated heterocycles. The molecule has 5 nitrogen and oxygen atoms in total. The van der Waals surface area contributed by atoms with E-state index in [0.29, 0.717) is 5.69 Å². The summed E-state index contributed by atoms with van der Waals surface area (Å²) in [4.78, 5) is 18.0. The van der Waals surface area contributed by atoms with E-state index in [1.54, 1.807) is 24.0 Å². The average molecular weight is 378 g/mol. The molecule has 0 atom stereocenters. The van der Waals surface area contributed by atoms with Gasteiger partial charge in [-0.25, -0.2) is 4.39 Å². The van der Waals surface area contributed by atoms with Crippen LogP contribution in [0.3, 0.4) is 0 Å². The van der Waals surface area contributed by atoms with Crippen LogP contribution in [-0.2, 0) is 0 Å². The number of carbonyl (C=O) groups is 1. The normalized spacial score (nSPS) is 10.9. The smallest absolute Gasteiger partial charge is 0.258 e. The first-order chi connectivity index (χ1) is 13.1. The highest BCUT2D eigenvalue weighted by Gasteiger charge is 2.12. The molecule has 0 fully saturated rings. The minimum absolute atomic E-state index is 0.0377. The number of rotatable bonds is 4. The molecule has 2 heterocycles. The molecule has 2 N–H and O–H groups in total. The molecule has 0 radical (unpaired) electrons. The molecule has 2 aromatic carbocycles. The number of nitrogens with one attached hydrogen (secondary N) is 2. The van der Waals surface area contributed by atoms with Crippen LogP contribution >= 0.6 is 11.8 Å². The van der Waals surface area contributed by atoms with Gasteiger partial charge in [0.15, 0.2) is 5.82 Å². The summed E-state index contributed by atoms with van der Waals surface area (Å²) in [6, 6.07) is 12.9. The number of anilines is 1. The zero-order valence-corrected chi connectivity index (χ0v) is 15.2. The zero-order chi connectivity index (χ0) is 18.8. The third-order valence-corrected chi connectivity index (χ3v) is 5.22. The number of fused-ring (bicyclic) bond motifs is 1. The van der Waals surface area contributed by atoms with E-state index < -0.39 is 11.7 Å². The van der Waals surface area contributed by atoms with Crippen LogP contribution in [0.2, 0.25) is 0 Å². The average Bonchev–Trinajstić information content (AvgIpc) is 3.09. The fourth-order valence-corrected chi connectivity index (χ4v) is 3.70. The summed E-state index contributed by atoms with van der Waals surface area (Å²) >= 11 is 1.60. The highest BCUT2D eigenvalue weighted by molar-refractivity contribution is 7.99. The number of carbonyl (C=O) groups excluding carboxylic acids is 1. The fourth-order valence-electron chi connectivity index (χ4n) is 2.71. The van der Waals surface area contributed by atoms with Crippen molar-refractivity contribution in [1.82, 2.24) is 15.2 Å². The lowest BCUT2D eigenvalue weighted by Gasteiger charge is -2.09. The molecule has 27 heavy (non-hydrogen) atoms. The number of hydrogen-bond acceptors (Lipinski definition) is 4. The zero-order valence-electron chi connectivity index (χ0n) is 14.4. The first kappa shape index (κ1) is 17.2. The Kier molecular flexibility index (Phi) is 4.60. The van der Waals surface area contributed by atoms with Crippen molar-refractivity contribution in [3.05, 3.63) is 78.0 Å². The number of amides is 1. The van der Waals surface area contributed by atoms with Crippen molar-refractivity contribution < 1.29 is 9.18 Å². The molecule has 1 amide bonds. The van der Waals surface area contributed by atoms with E-state index in [4.69, 9.17) is 0 Å². The topological polar surface area (TPSA) is 70.7 Å². The molecule has 0 saturated carbocycles. The van der Waals surface area contributed by atoms with Crippen LogP contribution in [0.15, 0.2) is 70.8 Å². The molecule has 4 rings (SSSR count). The maximum atomic E-state index is 13.7. The van der Waals surface area contributed by atoms with Crippen LogP contribution in [-0.4, -0.2) is 21.1 Å². The number of halogens is 1. The van der Waals surface area contributed by atoms with Gasteiger partial charge in [0.2, 0.25) is 0 Å². The van der Waals surface area contributed by atoms with Gasteiger partial charge in [0.1, 0.15) is 0 Å². The summed E-state index contributed by atoms with van der Waals surface area (Å²) < 4.78 is 13.7. The van der Waals surface area contributed by atoms with Crippen LogP contribution in [0.4, 0.5) is 10.1 Å². The minimum Gasteiger partial charge on any atom is -0.322 e. The summed E-state index contributed by atoms with van der Waals surface area (Å²) in [5.74, 6) is -1.15. The van der Waals surface area contributed by atoms with Gasteiger partial charge in [-0.2, -0.15) is 5.10 Å². The van der Waals surface area contributed by atoms with Crippen molar-refractivity contribution in [1.29, 1.82) is 0 Å². The Morgan fingerprint density at radius 1 is 1.19 bits per heavy atom. The molecular formula is C20H15FN4OS. The SMILES string of the molecule is Cc1cc2[nH]ncc2cc1Sc1cccc(NC(=O)c2ccncc2F)c1. The molecule has 0 unspecified atom stereocenters. The number of hydrogen-bond donors (Lipinski definition) is 2. The molecule has 2 aromatic heterocycles. The van der Waals surface area contributed by atoms with E-state index in [0.717, 1.165) is 32.5 Å². The summed E-state index contributed by atoms with van der Waals surface area (Å²) in [6.07, 6.45) is 4.20. The van der Waals surface area contributed by atoms with Crippen LogP contribution in [0.5, 0.6) is 0 Å². The van der Waals surface area contributed by atoms with Gasteiger partial charge < -0.3 is 5.32 Å². The molecular weight excluding hydrogens is 363 g/mol. The van der Waals surface area contributed by atoms with Gasteiger partial charge in [0, 0.05) is 27.1 Å². The maximum absolute atomic E-state index is 13.7. The number of nitrogens with zero attached hydrogens (tertiary/aromatic N) is 2. The quantitative estimate of drug-likeness (QED) is 0.535. The van der Waals surface area contributed by atoms with Crippen LogP contribution in [0.25, 0.3) is 10.9 Å². The predicted molar refractivity (Wildman–Crippen MR) is 104 cm³/mol. The number of aryl methyl sites for hydroxylation is 1. The Balaban J connectivity index is 1.56. The van der Waals surface area contributed by atoms with Crippen molar-refractivity contribution >= 4 is 34.3 Å². The van der Waals surface area contributed by atoms with E-state index in [9.17, 15) is 9.18 Å². The van der Waals surface area contributed by atoms with Gasteiger partial charge in [-0.05, 0) is 48.9 Å². The first-order valence-corrected chi connectivity index (χ1v) is 9.04. The number of benzene rings is 2. The largest absolute Gasteiger partial charge is 0.322 e. The molecule has 0 bridgehead atoms. The third kappa shape index (κ3) is 3.68. The molecule has 0 spiro atoms. The Hall–Kier alpha value is -3.19. The Morgan fingerprint density at radius 3 is 2.93 bits per heavy atom. The number of pyridine rings is 1. The molecule has 134 valence electrons. The van der Waals surface area contributed by atoms with E-state index in [-0.39, 0.29) is 5.56 Å². The molecule has 0 aliphatic heterocycles. The molecule has 7 heteroatoms. The second kappa shape index (κ2) is 7.20. The first-order valence-electron chi connectivity index (χ1n) is 8.22. The fraction of sp³-hybridized carbons (Fsp3) is 0.0500. The second-order valence-corrected chi connectivity index (χ2v) is 7.13. The lowest BCUT2D eigenvalue weighted by atomic mass is 10.2. The van der Waals surface area contributed by atoms with Crippen molar-refractivity contribution in [2.24, 2.45) is 0 Å². The van der Waals surface area contributed by atoms with Crippen molar-refractivity contribution in [3.8, 4) is 0 Å². The molecule has 0 aliphatic carbocycles. The Bertz CT molecular complexity index is 1140. The second-order valence-electron chi connectivity index (χ2n) is 6.01. The van der Waals surface area contributed by atoms with Crippen LogP contribution in [0, 0.1) is 12.7 Å². The lowest BCUT2D eigenvalue weighted by molar-refractivity contribution is 0.102. The molecule has 0 aliphatic rings. The highest BCUT2D eigenvalue weighted by Crippen LogP contribution is 2.33. The van der Waals surface area contributed by atoms with Gasteiger partial charge in [0.25, 0.3) is 5.91 Å². The van der Waals surface area contributed by atoms with Gasteiger partial charge in [0.05, 0.1) is 23.5 Å². The summed E-state index contributed by atoms with van der Waals surface area (Å²) in [7, 11) is 0. The standard InChI is InChI=1S/C20H15FN4OS/c1-12-7-18-13(10-23-25-18)8-19(12)27-15-4-2-3-14(9-15)24-20(26)16-5-6-22-11-17(16)21/h2-11H,1H3,(H,23,25)(H,24,26). The number of H-pyrrole nitrogens is 1. The van der Waals surface area contributed by atoms with E-state index >= 15 is 0 Å². The van der Waals surface area contributed by atoms with Crippen LogP contribution in [0.1, 0.15) is 15.9 Å². The highest BCUT2D eigenvalue weighted by atomic mass is 32.2. The monoisotopic (exact) mass is 378 g/mol. The van der Waals surface area contributed by atoms with Crippen LogP contribution < -0.4 is 5.32 Å². The van der Waals surface area contributed by atoms with Gasteiger partial charge in [-0.3, -0.25) is 14.9 Å². The van der Waals surface area contributed by atoms with Gasteiger partial charge in [-0.1, -0.05) is 17.8 Å². The van der Waals surface area contributed by atoms with Crippen molar-refractivity contribution in [3.63, 3.8) is 0 Å². The van der Waals surface area contributed by atoms with E-state index in [1.807, 2.05) is 25.1 Å². The lowest BCUT2D eigenvalue weighted by Crippen LogP contribution is -2.13. The maximum Gasteiger partial charge on any atom is 0.258 e. The minimum atomic E-state index is -0.649. The third-order valence-electron chi connectivity index (χ3n) is 4.07. The Morgan fingerprint density at radius 2 is 2.07 bits per heavy atom. The number of aromatic nitrogens is 3. The predicted octanol–water partition coefficient (Wildman–Crippen LogP) is 4.81.